The maximum atomic E-state index is 13.1. The minimum Gasteiger partial charge on any atom is -0.444 e. The normalized spacial score (nSPS) is 11.7. The topological polar surface area (TPSA) is 127 Å². The van der Waals surface area contributed by atoms with Gasteiger partial charge in [-0.2, -0.15) is 5.10 Å². The molecule has 3 aromatic carbocycles. The van der Waals surface area contributed by atoms with Crippen LogP contribution in [0.15, 0.2) is 77.4 Å². The molecule has 1 atom stereocenters. The smallest absolute Gasteiger partial charge is 0.339 e. The fraction of sp³-hybridized carbons (Fsp3) is 0.0455. The molecule has 0 bridgehead atoms. The molecule has 4 aromatic rings. The molecule has 0 saturated heterocycles. The van der Waals surface area contributed by atoms with Gasteiger partial charge in [0.1, 0.15) is 0 Å². The molecule has 2 N–H and O–H groups in total. The highest BCUT2D eigenvalue weighted by atomic mass is 79.9. The number of carbonyl (C=O) groups excluding carboxylic acids is 2. The fourth-order valence-corrected chi connectivity index (χ4v) is 3.53. The summed E-state index contributed by atoms with van der Waals surface area (Å²) in [5, 5.41) is 21.0. The van der Waals surface area contributed by atoms with Gasteiger partial charge in [-0.1, -0.05) is 30.3 Å². The van der Waals surface area contributed by atoms with Gasteiger partial charge < -0.3 is 10.1 Å². The van der Waals surface area contributed by atoms with Gasteiger partial charge in [0.25, 0.3) is 11.6 Å². The summed E-state index contributed by atoms with van der Waals surface area (Å²) in [5.74, 6) is -1.29. The number of fused-ring (bicyclic) bond motifs is 1. The van der Waals surface area contributed by atoms with Crippen LogP contribution in [0.2, 0.25) is 0 Å². The van der Waals surface area contributed by atoms with Crippen LogP contribution in [0, 0.1) is 10.1 Å². The lowest BCUT2D eigenvalue weighted by Gasteiger charge is -2.18. The molecule has 0 spiro atoms. The molecule has 0 aliphatic rings. The van der Waals surface area contributed by atoms with Gasteiger partial charge in [-0.3, -0.25) is 20.0 Å². The molecular weight excluding hydrogens is 480 g/mol. The van der Waals surface area contributed by atoms with Crippen molar-refractivity contribution in [1.82, 2.24) is 10.2 Å². The quantitative estimate of drug-likeness (QED) is 0.225. The number of aromatic amines is 1. The summed E-state index contributed by atoms with van der Waals surface area (Å²) in [7, 11) is 0. The van der Waals surface area contributed by atoms with Crippen LogP contribution in [0.4, 0.5) is 11.4 Å². The highest BCUT2D eigenvalue weighted by Gasteiger charge is 2.26. The number of non-ortho nitro benzene ring substituents is 1. The molecule has 0 unspecified atom stereocenters. The van der Waals surface area contributed by atoms with Crippen LogP contribution in [0.1, 0.15) is 22.0 Å². The van der Waals surface area contributed by atoms with E-state index in [-0.39, 0.29) is 11.3 Å². The number of amides is 1. The Balaban J connectivity index is 1.60. The predicted octanol–water partition coefficient (Wildman–Crippen LogP) is 4.77. The second-order valence-corrected chi connectivity index (χ2v) is 7.63. The van der Waals surface area contributed by atoms with Crippen LogP contribution in [-0.4, -0.2) is 27.0 Å². The van der Waals surface area contributed by atoms with E-state index in [1.165, 1.54) is 18.2 Å². The number of H-pyrrole nitrogens is 1. The number of carbonyl (C=O) groups is 2. The Kier molecular flexibility index (Phi) is 5.95. The first-order valence-corrected chi connectivity index (χ1v) is 10.2. The molecule has 9 nitrogen and oxygen atoms in total. The molecule has 0 radical (unpaired) electrons. The average molecular weight is 495 g/mol. The maximum absolute atomic E-state index is 13.1. The third kappa shape index (κ3) is 4.49. The Morgan fingerprint density at radius 3 is 2.59 bits per heavy atom. The van der Waals surface area contributed by atoms with Crippen molar-refractivity contribution in [2.45, 2.75) is 6.10 Å². The molecule has 0 fully saturated rings. The average Bonchev–Trinajstić information content (AvgIpc) is 3.27. The molecule has 0 saturated carbocycles. The van der Waals surface area contributed by atoms with E-state index in [0.717, 1.165) is 10.9 Å². The fourth-order valence-electron chi connectivity index (χ4n) is 3.06. The minimum absolute atomic E-state index is 0.129. The van der Waals surface area contributed by atoms with E-state index in [0.29, 0.717) is 15.7 Å². The molecule has 0 aliphatic heterocycles. The predicted molar refractivity (Wildman–Crippen MR) is 120 cm³/mol. The van der Waals surface area contributed by atoms with Crippen molar-refractivity contribution in [3.8, 4) is 0 Å². The van der Waals surface area contributed by atoms with Crippen LogP contribution in [0.3, 0.4) is 0 Å². The van der Waals surface area contributed by atoms with Gasteiger partial charge in [0.05, 0.1) is 27.9 Å². The lowest BCUT2D eigenvalue weighted by Crippen LogP contribution is -2.26. The molecule has 1 heterocycles. The van der Waals surface area contributed by atoms with Crippen molar-refractivity contribution >= 4 is 50.1 Å². The highest BCUT2D eigenvalue weighted by Crippen LogP contribution is 2.29. The number of hydrogen-bond donors (Lipinski definition) is 2. The van der Waals surface area contributed by atoms with E-state index < -0.39 is 22.9 Å². The lowest BCUT2D eigenvalue weighted by atomic mass is 10.1. The zero-order valence-electron chi connectivity index (χ0n) is 16.3. The van der Waals surface area contributed by atoms with Gasteiger partial charge in [-0.05, 0) is 40.2 Å². The van der Waals surface area contributed by atoms with E-state index in [9.17, 15) is 19.7 Å². The lowest BCUT2D eigenvalue weighted by molar-refractivity contribution is -0.384. The number of nitrogens with zero attached hydrogens (tertiary/aromatic N) is 2. The van der Waals surface area contributed by atoms with E-state index in [4.69, 9.17) is 4.74 Å². The summed E-state index contributed by atoms with van der Waals surface area (Å²) in [4.78, 5) is 36.3. The third-order valence-corrected chi connectivity index (χ3v) is 5.32. The monoisotopic (exact) mass is 494 g/mol. The number of aromatic nitrogens is 2. The van der Waals surface area contributed by atoms with Gasteiger partial charge in [0, 0.05) is 27.6 Å². The molecule has 10 heteroatoms. The maximum Gasteiger partial charge on any atom is 0.339 e. The number of rotatable bonds is 6. The Morgan fingerprint density at radius 1 is 1.09 bits per heavy atom. The van der Waals surface area contributed by atoms with Crippen LogP contribution in [0.5, 0.6) is 0 Å². The highest BCUT2D eigenvalue weighted by molar-refractivity contribution is 9.10. The second kappa shape index (κ2) is 8.98. The Morgan fingerprint density at radius 2 is 1.88 bits per heavy atom. The van der Waals surface area contributed by atoms with Crippen LogP contribution < -0.4 is 5.32 Å². The van der Waals surface area contributed by atoms with E-state index >= 15 is 0 Å². The molecule has 32 heavy (non-hydrogen) atoms. The molecule has 0 aliphatic carbocycles. The van der Waals surface area contributed by atoms with E-state index in [1.807, 2.05) is 0 Å². The molecule has 1 aromatic heterocycles. The minimum atomic E-state index is -1.24. The van der Waals surface area contributed by atoms with Crippen molar-refractivity contribution in [3.05, 3.63) is 98.6 Å². The molecule has 4 rings (SSSR count). The number of hydrogen-bond acceptors (Lipinski definition) is 6. The van der Waals surface area contributed by atoms with Crippen molar-refractivity contribution in [2.24, 2.45) is 0 Å². The summed E-state index contributed by atoms with van der Waals surface area (Å²) in [6, 6.07) is 17.4. The van der Waals surface area contributed by atoms with Crippen molar-refractivity contribution in [1.29, 1.82) is 0 Å². The third-order valence-electron chi connectivity index (χ3n) is 4.66. The number of nitro groups is 1. The van der Waals surface area contributed by atoms with Crippen molar-refractivity contribution in [2.75, 3.05) is 5.32 Å². The Bertz CT molecular complexity index is 1320. The van der Waals surface area contributed by atoms with Crippen molar-refractivity contribution in [3.63, 3.8) is 0 Å². The van der Waals surface area contributed by atoms with Crippen LogP contribution in [0.25, 0.3) is 10.9 Å². The Labute approximate surface area is 189 Å². The van der Waals surface area contributed by atoms with Gasteiger partial charge in [-0.25, -0.2) is 4.79 Å². The van der Waals surface area contributed by atoms with Crippen molar-refractivity contribution < 1.29 is 19.2 Å². The molecular formula is C22H15BrN4O5. The summed E-state index contributed by atoms with van der Waals surface area (Å²) in [6.07, 6.45) is 0.338. The zero-order chi connectivity index (χ0) is 22.7. The Hall–Kier alpha value is -4.05. The van der Waals surface area contributed by atoms with Gasteiger partial charge >= 0.3 is 5.97 Å². The number of benzene rings is 3. The summed E-state index contributed by atoms with van der Waals surface area (Å²) >= 11 is 3.22. The van der Waals surface area contributed by atoms with Gasteiger partial charge in [-0.15, -0.1) is 0 Å². The summed E-state index contributed by atoms with van der Waals surface area (Å²) in [5.41, 5.74) is 1.68. The second-order valence-electron chi connectivity index (χ2n) is 6.78. The van der Waals surface area contributed by atoms with Crippen LogP contribution >= 0.6 is 15.9 Å². The molecule has 160 valence electrons. The standard InChI is InChI=1S/C22H15BrN4O5/c23-17-11-16(27(30)31)7-9-19(17)25-21(28)20(13-4-2-1-3-5-13)32-22(29)14-6-8-18-15(10-14)12-24-26-18/h1-12,20H,(H,24,26)(H,25,28)/t20-/m0/s1. The van der Waals surface area contributed by atoms with E-state index in [1.54, 1.807) is 54.7 Å². The number of nitro benzene ring substituents is 1. The first-order valence-electron chi connectivity index (χ1n) is 9.36. The van der Waals surface area contributed by atoms with Crippen LogP contribution in [-0.2, 0) is 9.53 Å². The number of esters is 1. The first-order chi connectivity index (χ1) is 15.4. The van der Waals surface area contributed by atoms with Gasteiger partial charge in [0.15, 0.2) is 0 Å². The van der Waals surface area contributed by atoms with Gasteiger partial charge in [0.2, 0.25) is 6.10 Å². The first kappa shape index (κ1) is 21.2. The summed E-state index contributed by atoms with van der Waals surface area (Å²) in [6.45, 7) is 0. The number of anilines is 1. The SMILES string of the molecule is O=C(O[C@H](C(=O)Nc1ccc([N+](=O)[O-])cc1Br)c1ccccc1)c1ccc2[nH]ncc2c1. The zero-order valence-corrected chi connectivity index (χ0v) is 17.9. The largest absolute Gasteiger partial charge is 0.444 e. The summed E-state index contributed by atoms with van der Waals surface area (Å²) < 4.78 is 5.90. The molecule has 1 amide bonds. The van der Waals surface area contributed by atoms with E-state index in [2.05, 4.69) is 31.4 Å². The number of halogens is 1. The number of nitrogens with one attached hydrogen (secondary N) is 2. The number of ether oxygens (including phenoxy) is 1.